The zero-order chi connectivity index (χ0) is 15.5. The summed E-state index contributed by atoms with van der Waals surface area (Å²) >= 11 is 0. The van der Waals surface area contributed by atoms with Crippen molar-refractivity contribution in [2.24, 2.45) is 0 Å². The molecule has 1 aromatic rings. The van der Waals surface area contributed by atoms with Crippen molar-refractivity contribution in [3.8, 4) is 0 Å². The molecular formula is C15H22N2O3S. The molecule has 1 aromatic carbocycles. The van der Waals surface area contributed by atoms with Crippen LogP contribution in [0.25, 0.3) is 0 Å². The highest BCUT2D eigenvalue weighted by molar-refractivity contribution is 7.91. The number of hydrogen-bond donors (Lipinski definition) is 2. The predicted octanol–water partition coefficient (Wildman–Crippen LogP) is 1.53. The first kappa shape index (κ1) is 16.0. The van der Waals surface area contributed by atoms with E-state index < -0.39 is 9.84 Å². The van der Waals surface area contributed by atoms with E-state index in [1.165, 1.54) is 0 Å². The zero-order valence-electron chi connectivity index (χ0n) is 12.4. The maximum Gasteiger partial charge on any atom is 0.238 e. The molecule has 0 spiro atoms. The molecule has 1 saturated heterocycles. The number of nitrogens with one attached hydrogen (secondary N) is 2. The number of sulfone groups is 1. The van der Waals surface area contributed by atoms with Crippen LogP contribution < -0.4 is 10.6 Å². The summed E-state index contributed by atoms with van der Waals surface area (Å²) in [4.78, 5) is 12.0. The molecule has 1 heterocycles. The Bertz CT molecular complexity index is 611. The fourth-order valence-electron chi connectivity index (χ4n) is 2.50. The van der Waals surface area contributed by atoms with Crippen LogP contribution >= 0.6 is 0 Å². The molecule has 1 fully saturated rings. The lowest BCUT2D eigenvalue weighted by atomic mass is 10.0. The summed E-state index contributed by atoms with van der Waals surface area (Å²) < 4.78 is 22.7. The highest BCUT2D eigenvalue weighted by atomic mass is 32.2. The second-order valence-corrected chi connectivity index (χ2v) is 8.00. The van der Waals surface area contributed by atoms with E-state index in [1.807, 2.05) is 24.3 Å². The number of anilines is 1. The van der Waals surface area contributed by atoms with Gasteiger partial charge in [0.05, 0.1) is 18.1 Å². The highest BCUT2D eigenvalue weighted by Gasteiger charge is 2.27. The zero-order valence-corrected chi connectivity index (χ0v) is 13.2. The van der Waals surface area contributed by atoms with Crippen molar-refractivity contribution in [2.75, 3.05) is 23.4 Å². The number of hydrogen-bond acceptors (Lipinski definition) is 4. The van der Waals surface area contributed by atoms with Crippen LogP contribution in [-0.2, 0) is 14.6 Å². The van der Waals surface area contributed by atoms with Crippen LogP contribution in [0.1, 0.15) is 31.7 Å². The van der Waals surface area contributed by atoms with Crippen LogP contribution in [0.2, 0.25) is 0 Å². The molecule has 1 atom stereocenters. The maximum absolute atomic E-state index is 12.0. The normalized spacial score (nSPS) is 20.6. The fraction of sp³-hybridized carbons (Fsp3) is 0.533. The third-order valence-electron chi connectivity index (χ3n) is 3.64. The van der Waals surface area contributed by atoms with E-state index in [1.54, 1.807) is 0 Å². The standard InChI is InChI=1S/C15H22N2O3S/c1-11(2)13-5-3-4-6-14(13)17-15(18)9-16-12-7-8-21(19,20)10-12/h3-6,11-12,16H,7-10H2,1-2H3,(H,17,18). The summed E-state index contributed by atoms with van der Waals surface area (Å²) in [6, 6.07) is 7.61. The molecule has 0 aromatic heterocycles. The van der Waals surface area contributed by atoms with E-state index in [0.29, 0.717) is 12.3 Å². The second-order valence-electron chi connectivity index (χ2n) is 5.77. The molecule has 0 bridgehead atoms. The van der Waals surface area contributed by atoms with Gasteiger partial charge in [-0.3, -0.25) is 4.79 Å². The van der Waals surface area contributed by atoms with Gasteiger partial charge in [0.2, 0.25) is 5.91 Å². The van der Waals surface area contributed by atoms with Crippen LogP contribution in [0.15, 0.2) is 24.3 Å². The SMILES string of the molecule is CC(C)c1ccccc1NC(=O)CNC1CCS(=O)(=O)C1. The largest absolute Gasteiger partial charge is 0.325 e. The highest BCUT2D eigenvalue weighted by Crippen LogP contribution is 2.23. The summed E-state index contributed by atoms with van der Waals surface area (Å²) in [5.74, 6) is 0.521. The molecule has 0 saturated carbocycles. The van der Waals surface area contributed by atoms with Crippen molar-refractivity contribution in [1.29, 1.82) is 0 Å². The average Bonchev–Trinajstić information content (AvgIpc) is 2.76. The van der Waals surface area contributed by atoms with E-state index in [4.69, 9.17) is 0 Å². The number of rotatable bonds is 5. The van der Waals surface area contributed by atoms with Gasteiger partial charge in [-0.1, -0.05) is 32.0 Å². The van der Waals surface area contributed by atoms with Crippen LogP contribution in [0.5, 0.6) is 0 Å². The maximum atomic E-state index is 12.0. The molecule has 116 valence electrons. The van der Waals surface area contributed by atoms with Crippen LogP contribution in [-0.4, -0.2) is 38.4 Å². The van der Waals surface area contributed by atoms with Gasteiger partial charge in [0.1, 0.15) is 0 Å². The van der Waals surface area contributed by atoms with Crippen LogP contribution in [0.3, 0.4) is 0 Å². The molecule has 1 aliphatic rings. The Hall–Kier alpha value is -1.40. The van der Waals surface area contributed by atoms with Gasteiger partial charge in [-0.05, 0) is 24.0 Å². The molecule has 6 heteroatoms. The molecular weight excluding hydrogens is 288 g/mol. The predicted molar refractivity (Wildman–Crippen MR) is 84.2 cm³/mol. The van der Waals surface area contributed by atoms with Gasteiger partial charge < -0.3 is 10.6 Å². The molecule has 21 heavy (non-hydrogen) atoms. The molecule has 1 unspecified atom stereocenters. The third kappa shape index (κ3) is 4.54. The lowest BCUT2D eigenvalue weighted by Crippen LogP contribution is -2.36. The Labute approximate surface area is 126 Å². The van der Waals surface area contributed by atoms with E-state index in [-0.39, 0.29) is 30.0 Å². The summed E-state index contributed by atoms with van der Waals surface area (Å²) in [6.45, 7) is 4.28. The van der Waals surface area contributed by atoms with Crippen molar-refractivity contribution in [3.63, 3.8) is 0 Å². The van der Waals surface area contributed by atoms with E-state index in [0.717, 1.165) is 11.3 Å². The van der Waals surface area contributed by atoms with Crippen molar-refractivity contribution in [1.82, 2.24) is 5.32 Å². The van der Waals surface area contributed by atoms with Gasteiger partial charge in [-0.15, -0.1) is 0 Å². The average molecular weight is 310 g/mol. The Balaban J connectivity index is 1.88. The Morgan fingerprint density at radius 1 is 1.33 bits per heavy atom. The summed E-state index contributed by atoms with van der Waals surface area (Å²) in [7, 11) is -2.91. The Morgan fingerprint density at radius 2 is 2.05 bits per heavy atom. The minimum Gasteiger partial charge on any atom is -0.325 e. The molecule has 1 aliphatic heterocycles. The monoisotopic (exact) mass is 310 g/mol. The van der Waals surface area contributed by atoms with Gasteiger partial charge >= 0.3 is 0 Å². The van der Waals surface area contributed by atoms with Gasteiger partial charge in [0.15, 0.2) is 9.84 Å². The molecule has 5 nitrogen and oxygen atoms in total. The van der Waals surface area contributed by atoms with E-state index in [2.05, 4.69) is 24.5 Å². The van der Waals surface area contributed by atoms with Crippen molar-refractivity contribution in [2.45, 2.75) is 32.2 Å². The number of para-hydroxylation sites is 1. The summed E-state index contributed by atoms with van der Waals surface area (Å²) in [5.41, 5.74) is 1.91. The second kappa shape index (κ2) is 6.58. The minimum atomic E-state index is -2.91. The van der Waals surface area contributed by atoms with Gasteiger partial charge in [0.25, 0.3) is 0 Å². The molecule has 2 rings (SSSR count). The number of carbonyl (C=O) groups excluding carboxylic acids is 1. The minimum absolute atomic E-state index is 0.110. The molecule has 1 amide bonds. The summed E-state index contributed by atoms with van der Waals surface area (Å²) in [6.07, 6.45) is 0.582. The van der Waals surface area contributed by atoms with E-state index >= 15 is 0 Å². The lowest BCUT2D eigenvalue weighted by molar-refractivity contribution is -0.115. The quantitative estimate of drug-likeness (QED) is 0.865. The third-order valence-corrected chi connectivity index (χ3v) is 5.41. The van der Waals surface area contributed by atoms with Gasteiger partial charge in [-0.2, -0.15) is 0 Å². The van der Waals surface area contributed by atoms with Crippen LogP contribution in [0.4, 0.5) is 5.69 Å². The number of amides is 1. The number of carbonyl (C=O) groups is 1. The molecule has 0 aliphatic carbocycles. The van der Waals surface area contributed by atoms with Crippen molar-refractivity contribution in [3.05, 3.63) is 29.8 Å². The van der Waals surface area contributed by atoms with Crippen LogP contribution in [0, 0.1) is 0 Å². The van der Waals surface area contributed by atoms with Crippen molar-refractivity contribution < 1.29 is 13.2 Å². The topological polar surface area (TPSA) is 75.3 Å². The smallest absolute Gasteiger partial charge is 0.238 e. The number of benzene rings is 1. The fourth-order valence-corrected chi connectivity index (χ4v) is 4.21. The first-order valence-electron chi connectivity index (χ1n) is 7.20. The molecule has 2 N–H and O–H groups in total. The first-order chi connectivity index (χ1) is 9.87. The van der Waals surface area contributed by atoms with Gasteiger partial charge in [-0.25, -0.2) is 8.42 Å². The molecule has 0 radical (unpaired) electrons. The Morgan fingerprint density at radius 3 is 2.67 bits per heavy atom. The van der Waals surface area contributed by atoms with Gasteiger partial charge in [0, 0.05) is 11.7 Å². The van der Waals surface area contributed by atoms with E-state index in [9.17, 15) is 13.2 Å². The lowest BCUT2D eigenvalue weighted by Gasteiger charge is -2.15. The Kier molecular flexibility index (Phi) is 5.00. The van der Waals surface area contributed by atoms with Crippen molar-refractivity contribution >= 4 is 21.4 Å². The summed E-state index contributed by atoms with van der Waals surface area (Å²) in [5, 5.41) is 5.90. The first-order valence-corrected chi connectivity index (χ1v) is 9.02.